The number of hydrogen-bond acceptors (Lipinski definition) is 7. The summed E-state index contributed by atoms with van der Waals surface area (Å²) in [5.41, 5.74) is 15.9. The number of aromatic nitrogens is 2. The first-order valence-corrected chi connectivity index (χ1v) is 13.6. The standard InChI is InChI=1S/C30H29BrF3N7/c1-17(20-8-10-24(31)11-9-20)39-18(2)25-13-23(30(32,33)34)16-38-27(25)36-14-19-4-6-21(7-5-19)22-12-26-28(37-15-22)40-41-29(26,3)35/h4-13,15-17,39,41H,2,14,35H2,1,3H3,(H,36,38)(H,37,40)/t17-,29?/m0/s1. The predicted octanol–water partition coefficient (Wildman–Crippen LogP) is 6.92. The Bertz CT molecular complexity index is 1570. The molecule has 2 aromatic heterocycles. The minimum absolute atomic E-state index is 0.192. The number of fused-ring (bicyclic) bond motifs is 1. The number of nitrogens with two attached hydrogens (primary N) is 1. The van der Waals surface area contributed by atoms with Gasteiger partial charge in [0, 0.05) is 51.8 Å². The summed E-state index contributed by atoms with van der Waals surface area (Å²) in [7, 11) is 0. The van der Waals surface area contributed by atoms with Gasteiger partial charge in [0.05, 0.1) is 5.56 Å². The van der Waals surface area contributed by atoms with Gasteiger partial charge in [0.2, 0.25) is 0 Å². The quantitative estimate of drug-likeness (QED) is 0.145. The minimum atomic E-state index is -4.53. The summed E-state index contributed by atoms with van der Waals surface area (Å²) in [5.74, 6) is 0.995. The summed E-state index contributed by atoms with van der Waals surface area (Å²) >= 11 is 3.41. The van der Waals surface area contributed by atoms with Crippen molar-refractivity contribution in [3.05, 3.63) is 112 Å². The smallest absolute Gasteiger partial charge is 0.378 e. The molecule has 0 fully saturated rings. The third-order valence-electron chi connectivity index (χ3n) is 6.94. The maximum absolute atomic E-state index is 13.5. The van der Waals surface area contributed by atoms with Crippen LogP contribution in [-0.4, -0.2) is 9.97 Å². The highest BCUT2D eigenvalue weighted by molar-refractivity contribution is 9.10. The molecule has 212 valence electrons. The van der Waals surface area contributed by atoms with Crippen molar-refractivity contribution in [2.45, 2.75) is 38.3 Å². The first-order chi connectivity index (χ1) is 19.4. The first-order valence-electron chi connectivity index (χ1n) is 12.8. The largest absolute Gasteiger partial charge is 0.417 e. The van der Waals surface area contributed by atoms with E-state index in [0.717, 1.165) is 44.6 Å². The Morgan fingerprint density at radius 3 is 2.44 bits per heavy atom. The fourth-order valence-electron chi connectivity index (χ4n) is 4.54. The third-order valence-corrected chi connectivity index (χ3v) is 7.46. The van der Waals surface area contributed by atoms with Crippen LogP contribution in [0.2, 0.25) is 0 Å². The number of alkyl halides is 3. The maximum Gasteiger partial charge on any atom is 0.417 e. The van der Waals surface area contributed by atoms with Gasteiger partial charge in [-0.3, -0.25) is 0 Å². The fraction of sp³-hybridized carbons (Fsp3) is 0.200. The average Bonchev–Trinajstić information content (AvgIpc) is 3.25. The van der Waals surface area contributed by atoms with Crippen molar-refractivity contribution >= 4 is 33.3 Å². The fourth-order valence-corrected chi connectivity index (χ4v) is 4.80. The molecule has 0 saturated carbocycles. The van der Waals surface area contributed by atoms with E-state index >= 15 is 0 Å². The number of benzene rings is 2. The molecule has 11 heteroatoms. The van der Waals surface area contributed by atoms with E-state index in [1.807, 2.05) is 68.4 Å². The molecule has 0 amide bonds. The second kappa shape index (κ2) is 11.2. The van der Waals surface area contributed by atoms with Crippen molar-refractivity contribution < 1.29 is 13.2 Å². The topological polar surface area (TPSA) is 99.9 Å². The van der Waals surface area contributed by atoms with Crippen LogP contribution in [0.25, 0.3) is 16.8 Å². The molecular formula is C30H29BrF3N7. The zero-order valence-corrected chi connectivity index (χ0v) is 24.0. The second-order valence-electron chi connectivity index (χ2n) is 10.1. The van der Waals surface area contributed by atoms with E-state index in [1.165, 1.54) is 0 Å². The van der Waals surface area contributed by atoms with Gasteiger partial charge in [-0.15, -0.1) is 0 Å². The number of rotatable bonds is 8. The molecule has 6 N–H and O–H groups in total. The number of nitrogens with one attached hydrogen (secondary N) is 4. The highest BCUT2D eigenvalue weighted by Gasteiger charge is 2.33. The van der Waals surface area contributed by atoms with Crippen molar-refractivity contribution in [3.8, 4) is 11.1 Å². The summed E-state index contributed by atoms with van der Waals surface area (Å²) in [6, 6.07) is 18.4. The number of hydrazine groups is 1. The predicted molar refractivity (Wildman–Crippen MR) is 159 cm³/mol. The number of nitrogens with zero attached hydrogens (tertiary/aromatic N) is 2. The average molecular weight is 625 g/mol. The van der Waals surface area contributed by atoms with Crippen LogP contribution in [0.1, 0.15) is 47.7 Å². The summed E-state index contributed by atoms with van der Waals surface area (Å²) in [4.78, 5) is 8.57. The van der Waals surface area contributed by atoms with Crippen molar-refractivity contribution in [3.63, 3.8) is 0 Å². The molecule has 1 aliphatic rings. The molecular weight excluding hydrogens is 595 g/mol. The van der Waals surface area contributed by atoms with E-state index in [0.29, 0.717) is 23.9 Å². The minimum Gasteiger partial charge on any atom is -0.378 e. The molecule has 0 saturated heterocycles. The van der Waals surface area contributed by atoms with E-state index in [1.54, 1.807) is 6.20 Å². The van der Waals surface area contributed by atoms with Gasteiger partial charge in [0.15, 0.2) is 0 Å². The van der Waals surface area contributed by atoms with E-state index in [9.17, 15) is 13.2 Å². The van der Waals surface area contributed by atoms with Crippen LogP contribution in [0, 0.1) is 0 Å². The Balaban J connectivity index is 1.33. The van der Waals surface area contributed by atoms with Crippen LogP contribution >= 0.6 is 15.9 Å². The molecule has 41 heavy (non-hydrogen) atoms. The third kappa shape index (κ3) is 6.37. The van der Waals surface area contributed by atoms with E-state index in [2.05, 4.69) is 54.0 Å². The molecule has 1 aliphatic heterocycles. The maximum atomic E-state index is 13.5. The Kier molecular flexibility index (Phi) is 7.78. The van der Waals surface area contributed by atoms with Gasteiger partial charge in [-0.2, -0.15) is 13.2 Å². The summed E-state index contributed by atoms with van der Waals surface area (Å²) in [6.45, 7) is 8.16. The van der Waals surface area contributed by atoms with Gasteiger partial charge in [-0.1, -0.05) is 58.9 Å². The Morgan fingerprint density at radius 1 is 1.05 bits per heavy atom. The summed E-state index contributed by atoms with van der Waals surface area (Å²) in [6.07, 6.45) is -1.93. The molecule has 2 aromatic carbocycles. The molecule has 7 nitrogen and oxygen atoms in total. The lowest BCUT2D eigenvalue weighted by molar-refractivity contribution is -0.137. The molecule has 3 heterocycles. The van der Waals surface area contributed by atoms with Gasteiger partial charge in [-0.05, 0) is 54.8 Å². The SMILES string of the molecule is C=C(N[C@@H](C)c1ccc(Br)cc1)c1cc(C(F)(F)F)cnc1NCc1ccc(-c2cnc3c(c2)C(C)(N)NN3)cc1. The molecule has 1 unspecified atom stereocenters. The van der Waals surface area contributed by atoms with Gasteiger partial charge >= 0.3 is 6.18 Å². The number of pyridine rings is 2. The van der Waals surface area contributed by atoms with E-state index < -0.39 is 17.4 Å². The zero-order valence-electron chi connectivity index (χ0n) is 22.4. The summed E-state index contributed by atoms with van der Waals surface area (Å²) < 4.78 is 41.6. The van der Waals surface area contributed by atoms with Crippen molar-refractivity contribution in [1.29, 1.82) is 0 Å². The second-order valence-corrected chi connectivity index (χ2v) is 11.1. The lowest BCUT2D eigenvalue weighted by Crippen LogP contribution is -2.44. The first kappa shape index (κ1) is 28.6. The van der Waals surface area contributed by atoms with Crippen LogP contribution in [0.4, 0.5) is 24.8 Å². The molecule has 0 radical (unpaired) electrons. The van der Waals surface area contributed by atoms with Crippen molar-refractivity contribution in [1.82, 2.24) is 20.7 Å². The highest BCUT2D eigenvalue weighted by Crippen LogP contribution is 2.34. The molecule has 0 bridgehead atoms. The molecule has 0 spiro atoms. The van der Waals surface area contributed by atoms with Crippen molar-refractivity contribution in [2.75, 3.05) is 10.7 Å². The lowest BCUT2D eigenvalue weighted by atomic mass is 9.99. The van der Waals surface area contributed by atoms with Gasteiger partial charge < -0.3 is 21.8 Å². The van der Waals surface area contributed by atoms with Gasteiger partial charge in [-0.25, -0.2) is 15.4 Å². The summed E-state index contributed by atoms with van der Waals surface area (Å²) in [5, 5.41) is 6.40. The Labute approximate surface area is 244 Å². The van der Waals surface area contributed by atoms with Crippen molar-refractivity contribution in [2.24, 2.45) is 5.73 Å². The molecule has 5 rings (SSSR count). The van der Waals surface area contributed by atoms with Gasteiger partial charge in [0.25, 0.3) is 0 Å². The Morgan fingerprint density at radius 2 is 1.76 bits per heavy atom. The van der Waals surface area contributed by atoms with Crippen LogP contribution < -0.4 is 27.2 Å². The monoisotopic (exact) mass is 623 g/mol. The zero-order chi connectivity index (χ0) is 29.4. The highest BCUT2D eigenvalue weighted by atomic mass is 79.9. The number of halogens is 4. The van der Waals surface area contributed by atoms with Crippen LogP contribution in [0.3, 0.4) is 0 Å². The number of hydrogen-bond donors (Lipinski definition) is 5. The molecule has 2 atom stereocenters. The normalized spacial score (nSPS) is 17.0. The van der Waals surface area contributed by atoms with Crippen LogP contribution in [0.5, 0.6) is 0 Å². The lowest BCUT2D eigenvalue weighted by Gasteiger charge is -2.21. The van der Waals surface area contributed by atoms with Crippen LogP contribution in [0.15, 0.2) is 84.1 Å². The van der Waals surface area contributed by atoms with E-state index in [-0.39, 0.29) is 11.6 Å². The van der Waals surface area contributed by atoms with Crippen LogP contribution in [-0.2, 0) is 18.4 Å². The Hall–Kier alpha value is -3.93. The molecule has 4 aromatic rings. The number of anilines is 2. The molecule has 0 aliphatic carbocycles. The van der Waals surface area contributed by atoms with E-state index in [4.69, 9.17) is 5.73 Å². The van der Waals surface area contributed by atoms with Gasteiger partial charge in [0.1, 0.15) is 17.3 Å².